The van der Waals surface area contributed by atoms with Crippen molar-refractivity contribution in [2.45, 2.75) is 32.1 Å². The van der Waals surface area contributed by atoms with Gasteiger partial charge in [0.1, 0.15) is 18.3 Å². The first-order valence-electron chi connectivity index (χ1n) is 8.13. The van der Waals surface area contributed by atoms with Crippen LogP contribution in [0.1, 0.15) is 37.7 Å². The molecule has 1 aromatic carbocycles. The molecule has 1 saturated carbocycles. The van der Waals surface area contributed by atoms with Crippen LogP contribution in [0.2, 0.25) is 0 Å². The van der Waals surface area contributed by atoms with E-state index >= 15 is 0 Å². The predicted molar refractivity (Wildman–Crippen MR) is 77.8 cm³/mol. The van der Waals surface area contributed by atoms with E-state index in [1.165, 1.54) is 6.92 Å². The predicted octanol–water partition coefficient (Wildman–Crippen LogP) is 6.63. The summed E-state index contributed by atoms with van der Waals surface area (Å²) < 4.78 is 124. The smallest absolute Gasteiger partial charge is 0.200 e. The molecule has 3 rings (SSSR count). The molecule has 9 heteroatoms. The molecule has 0 heterocycles. The van der Waals surface area contributed by atoms with Crippen molar-refractivity contribution >= 4 is 0 Å². The quantitative estimate of drug-likeness (QED) is 0.302. The number of allylic oxidation sites excluding steroid dienone is 4. The molecule has 2 aliphatic carbocycles. The van der Waals surface area contributed by atoms with Crippen molar-refractivity contribution in [3.05, 3.63) is 57.7 Å². The molecule has 0 nitrogen and oxygen atoms in total. The summed E-state index contributed by atoms with van der Waals surface area (Å²) in [5, 5.41) is 0. The Morgan fingerprint density at radius 2 is 1.37 bits per heavy atom. The summed E-state index contributed by atoms with van der Waals surface area (Å²) in [4.78, 5) is 0. The number of benzene rings is 1. The first-order valence-corrected chi connectivity index (χ1v) is 8.13. The second-order valence-electron chi connectivity index (χ2n) is 6.76. The van der Waals surface area contributed by atoms with Crippen LogP contribution >= 0.6 is 0 Å². The Morgan fingerprint density at radius 3 is 1.85 bits per heavy atom. The number of hydrogen-bond acceptors (Lipinski definition) is 0. The molecule has 27 heavy (non-hydrogen) atoms. The van der Waals surface area contributed by atoms with E-state index in [1.807, 2.05) is 0 Å². The molecule has 0 N–H and O–H groups in total. The Bertz CT molecular complexity index is 841. The second kappa shape index (κ2) is 6.60. The first-order chi connectivity index (χ1) is 12.6. The van der Waals surface area contributed by atoms with Crippen LogP contribution in [0, 0.1) is 40.4 Å². The highest BCUT2D eigenvalue weighted by Gasteiger charge is 2.60. The normalized spacial score (nSPS) is 28.2. The summed E-state index contributed by atoms with van der Waals surface area (Å²) in [7, 11) is 0. The van der Waals surface area contributed by atoms with Crippen LogP contribution in [-0.4, -0.2) is 6.67 Å². The summed E-state index contributed by atoms with van der Waals surface area (Å²) in [6.07, 6.45) is -1.46. The van der Waals surface area contributed by atoms with Gasteiger partial charge in [-0.05, 0) is 24.7 Å². The summed E-state index contributed by atoms with van der Waals surface area (Å²) in [5.74, 6) is -18.0. The molecule has 0 aromatic heterocycles. The zero-order valence-corrected chi connectivity index (χ0v) is 13.9. The summed E-state index contributed by atoms with van der Waals surface area (Å²) in [6.45, 7) is -0.230. The van der Waals surface area contributed by atoms with Crippen molar-refractivity contribution in [3.8, 4) is 0 Å². The number of hydrogen-bond donors (Lipinski definition) is 0. The Morgan fingerprint density at radius 1 is 0.852 bits per heavy atom. The van der Waals surface area contributed by atoms with Gasteiger partial charge < -0.3 is 0 Å². The second-order valence-corrected chi connectivity index (χ2v) is 6.76. The average Bonchev–Trinajstić information content (AvgIpc) is 3.43. The zero-order chi connectivity index (χ0) is 20.3. The Hall–Kier alpha value is -1.93. The SMILES string of the molecule is CCC1=C(F)CC(CF)(C2CC2c2c(F)c(F)c(F)c(F)c2F)C(F)=C1F. The van der Waals surface area contributed by atoms with Crippen molar-refractivity contribution in [2.24, 2.45) is 11.3 Å². The minimum absolute atomic E-state index is 0.195. The maximum atomic E-state index is 14.6. The fraction of sp³-hybridized carbons (Fsp3) is 0.444. The van der Waals surface area contributed by atoms with Crippen molar-refractivity contribution in [2.75, 3.05) is 6.67 Å². The van der Waals surface area contributed by atoms with Gasteiger partial charge in [-0.25, -0.2) is 35.1 Å². The summed E-state index contributed by atoms with van der Waals surface area (Å²) >= 11 is 0. The molecule has 0 bridgehead atoms. The maximum Gasteiger partial charge on any atom is 0.200 e. The van der Waals surface area contributed by atoms with Gasteiger partial charge in [-0.2, -0.15) is 0 Å². The number of alkyl halides is 1. The lowest BCUT2D eigenvalue weighted by Gasteiger charge is -2.33. The third-order valence-corrected chi connectivity index (χ3v) is 5.40. The molecule has 3 atom stereocenters. The van der Waals surface area contributed by atoms with E-state index < -0.39 is 88.0 Å². The van der Waals surface area contributed by atoms with Crippen molar-refractivity contribution in [3.63, 3.8) is 0 Å². The van der Waals surface area contributed by atoms with Crippen LogP contribution in [0.25, 0.3) is 0 Å². The Kier molecular flexibility index (Phi) is 4.84. The standard InChI is InChI=1S/C18H13F9/c1-2-6-9(20)4-18(5-19,17(27)11(6)21)8-3-7(8)10-12(22)14(24)16(26)15(25)13(10)23/h7-8H,2-5H2,1H3. The van der Waals surface area contributed by atoms with Crippen molar-refractivity contribution in [1.82, 2.24) is 0 Å². The van der Waals surface area contributed by atoms with Gasteiger partial charge in [-0.1, -0.05) is 6.92 Å². The van der Waals surface area contributed by atoms with Gasteiger partial charge in [0.25, 0.3) is 0 Å². The van der Waals surface area contributed by atoms with Crippen molar-refractivity contribution < 1.29 is 39.5 Å². The van der Waals surface area contributed by atoms with Gasteiger partial charge >= 0.3 is 0 Å². The van der Waals surface area contributed by atoms with E-state index in [9.17, 15) is 39.5 Å². The fourth-order valence-electron chi connectivity index (χ4n) is 3.85. The minimum atomic E-state index is -2.38. The lowest BCUT2D eigenvalue weighted by molar-refractivity contribution is 0.150. The number of rotatable bonds is 4. The summed E-state index contributed by atoms with van der Waals surface area (Å²) in [5.41, 5.74) is -4.16. The lowest BCUT2D eigenvalue weighted by Crippen LogP contribution is -2.32. The van der Waals surface area contributed by atoms with Gasteiger partial charge in [-0.15, -0.1) is 0 Å². The molecule has 0 spiro atoms. The van der Waals surface area contributed by atoms with E-state index in [0.29, 0.717) is 0 Å². The van der Waals surface area contributed by atoms with Gasteiger partial charge in [0.05, 0.1) is 5.41 Å². The van der Waals surface area contributed by atoms with Crippen LogP contribution in [0.5, 0.6) is 0 Å². The maximum absolute atomic E-state index is 14.6. The van der Waals surface area contributed by atoms with Crippen molar-refractivity contribution in [1.29, 1.82) is 0 Å². The zero-order valence-electron chi connectivity index (χ0n) is 13.9. The molecule has 0 radical (unpaired) electrons. The van der Waals surface area contributed by atoms with Gasteiger partial charge in [0, 0.05) is 17.6 Å². The molecule has 0 amide bonds. The highest BCUT2D eigenvalue weighted by Crippen LogP contribution is 2.65. The fourth-order valence-corrected chi connectivity index (χ4v) is 3.85. The molecule has 1 aromatic rings. The topological polar surface area (TPSA) is 0 Å². The van der Waals surface area contributed by atoms with Gasteiger partial charge in [-0.3, -0.25) is 4.39 Å². The number of halogens is 9. The molecule has 148 valence electrons. The van der Waals surface area contributed by atoms with E-state index in [2.05, 4.69) is 0 Å². The Labute approximate surface area is 148 Å². The molecule has 0 aliphatic heterocycles. The third-order valence-electron chi connectivity index (χ3n) is 5.40. The highest BCUT2D eigenvalue weighted by atomic mass is 19.2. The van der Waals surface area contributed by atoms with Crippen LogP contribution < -0.4 is 0 Å². The van der Waals surface area contributed by atoms with E-state index in [0.717, 1.165) is 0 Å². The van der Waals surface area contributed by atoms with E-state index in [4.69, 9.17) is 0 Å². The van der Waals surface area contributed by atoms with Gasteiger partial charge in [0.15, 0.2) is 29.1 Å². The Balaban J connectivity index is 2.06. The molecular weight excluding hydrogens is 387 g/mol. The molecule has 3 unspecified atom stereocenters. The lowest BCUT2D eigenvalue weighted by atomic mass is 9.73. The minimum Gasteiger partial charge on any atom is -0.250 e. The van der Waals surface area contributed by atoms with Crippen LogP contribution in [-0.2, 0) is 0 Å². The largest absolute Gasteiger partial charge is 0.250 e. The first kappa shape index (κ1) is 19.8. The monoisotopic (exact) mass is 400 g/mol. The molecule has 1 fully saturated rings. The van der Waals surface area contributed by atoms with E-state index in [-0.39, 0.29) is 12.8 Å². The molecule has 2 aliphatic rings. The van der Waals surface area contributed by atoms with E-state index in [1.54, 1.807) is 0 Å². The average molecular weight is 400 g/mol. The summed E-state index contributed by atoms with van der Waals surface area (Å²) in [6, 6.07) is 0. The van der Waals surface area contributed by atoms with Crippen LogP contribution in [0.4, 0.5) is 39.5 Å². The van der Waals surface area contributed by atoms with Crippen LogP contribution in [0.15, 0.2) is 23.1 Å². The molecular formula is C18H13F9. The van der Waals surface area contributed by atoms with Crippen LogP contribution in [0.3, 0.4) is 0 Å². The third kappa shape index (κ3) is 2.69. The molecule has 0 saturated heterocycles. The van der Waals surface area contributed by atoms with Gasteiger partial charge in [0.2, 0.25) is 5.82 Å². The highest BCUT2D eigenvalue weighted by molar-refractivity contribution is 5.42.